The Morgan fingerprint density at radius 1 is 1.60 bits per heavy atom. The first-order chi connectivity index (χ1) is 4.49. The minimum Gasteiger partial charge on any atom is -0.345 e. The second-order valence-corrected chi connectivity index (χ2v) is 3.60. The van der Waals surface area contributed by atoms with Crippen LogP contribution >= 0.6 is 0 Å². The van der Waals surface area contributed by atoms with Crippen LogP contribution in [0.1, 0.15) is 6.42 Å². The maximum Gasteiger partial charge on any atom is 0.325 e. The van der Waals surface area contributed by atoms with Gasteiger partial charge in [-0.05, 0) is 0 Å². The first kappa shape index (κ1) is 7.46. The predicted octanol–water partition coefficient (Wildman–Crippen LogP) is -0.399. The highest BCUT2D eigenvalue weighted by Gasteiger charge is 2.31. The van der Waals surface area contributed by atoms with Crippen molar-refractivity contribution >= 4 is 16.1 Å². The fourth-order valence-corrected chi connectivity index (χ4v) is 1.65. The van der Waals surface area contributed by atoms with Gasteiger partial charge in [-0.1, -0.05) is 0 Å². The van der Waals surface area contributed by atoms with Crippen molar-refractivity contribution in [3.63, 3.8) is 0 Å². The van der Waals surface area contributed by atoms with Gasteiger partial charge in [-0.3, -0.25) is 4.79 Å². The summed E-state index contributed by atoms with van der Waals surface area (Å²) in [6, 6.07) is 0. The minimum absolute atomic E-state index is 0.459. The molecule has 1 atom stereocenters. The molecule has 0 aromatic heterocycles. The van der Waals surface area contributed by atoms with Gasteiger partial charge in [0.1, 0.15) is 11.9 Å². The molecule has 58 valence electrons. The van der Waals surface area contributed by atoms with E-state index in [0.717, 1.165) is 0 Å². The summed E-state index contributed by atoms with van der Waals surface area (Å²) >= 11 is 0. The summed E-state index contributed by atoms with van der Waals surface area (Å²) in [7, 11) is -3.91. The van der Waals surface area contributed by atoms with Crippen LogP contribution in [0.15, 0.2) is 0 Å². The van der Waals surface area contributed by atoms with Crippen LogP contribution in [-0.4, -0.2) is 26.3 Å². The fourth-order valence-electron chi connectivity index (χ4n) is 0.671. The molecule has 0 aromatic rings. The number of carbonyl (C=O) groups is 1. The lowest BCUT2D eigenvalue weighted by molar-refractivity contribution is -0.135. The largest absolute Gasteiger partial charge is 0.345 e. The molecule has 1 saturated heterocycles. The van der Waals surface area contributed by atoms with E-state index in [1.807, 2.05) is 0 Å². The lowest BCUT2D eigenvalue weighted by atomic mass is 10.3. The third-order valence-electron chi connectivity index (χ3n) is 0.993. The van der Waals surface area contributed by atoms with E-state index in [9.17, 15) is 17.6 Å². The molecule has 0 bridgehead atoms. The van der Waals surface area contributed by atoms with Crippen molar-refractivity contribution in [2.45, 2.75) is 12.6 Å². The zero-order valence-corrected chi connectivity index (χ0v) is 5.73. The van der Waals surface area contributed by atoms with Gasteiger partial charge in [0.05, 0.1) is 6.42 Å². The second kappa shape index (κ2) is 2.19. The van der Waals surface area contributed by atoms with E-state index >= 15 is 0 Å². The molecule has 4 nitrogen and oxygen atoms in total. The molecule has 0 aliphatic carbocycles. The van der Waals surface area contributed by atoms with E-state index in [0.29, 0.717) is 0 Å². The Morgan fingerprint density at radius 3 is 2.60 bits per heavy atom. The molecule has 1 heterocycles. The van der Waals surface area contributed by atoms with Crippen molar-refractivity contribution in [3.8, 4) is 0 Å². The van der Waals surface area contributed by atoms with Gasteiger partial charge in [0, 0.05) is 0 Å². The van der Waals surface area contributed by atoms with Crippen molar-refractivity contribution in [1.29, 1.82) is 0 Å². The third kappa shape index (κ3) is 1.66. The van der Waals surface area contributed by atoms with E-state index in [1.165, 1.54) is 0 Å². The van der Waals surface area contributed by atoms with Crippen LogP contribution in [0, 0.1) is 0 Å². The van der Waals surface area contributed by atoms with Crippen LogP contribution in [0.25, 0.3) is 0 Å². The van der Waals surface area contributed by atoms with Gasteiger partial charge < -0.3 is 4.18 Å². The molecule has 6 heteroatoms. The Kier molecular flexibility index (Phi) is 1.63. The third-order valence-corrected chi connectivity index (χ3v) is 2.20. The van der Waals surface area contributed by atoms with Gasteiger partial charge in [0.15, 0.2) is 0 Å². The van der Waals surface area contributed by atoms with Crippen LogP contribution in [0.3, 0.4) is 0 Å². The lowest BCUT2D eigenvalue weighted by Crippen LogP contribution is -2.31. The molecular formula is C4H5FO4S. The highest BCUT2D eigenvalue weighted by Crippen LogP contribution is 2.12. The van der Waals surface area contributed by atoms with E-state index in [-0.39, 0.29) is 0 Å². The molecule has 0 N–H and O–H groups in total. The van der Waals surface area contributed by atoms with Gasteiger partial charge in [-0.2, -0.15) is 8.42 Å². The summed E-state index contributed by atoms with van der Waals surface area (Å²) in [4.78, 5) is 10.2. The van der Waals surface area contributed by atoms with Crippen LogP contribution in [0.2, 0.25) is 0 Å². The molecule has 1 aliphatic heterocycles. The molecule has 0 spiro atoms. The zero-order valence-electron chi connectivity index (χ0n) is 4.91. The zero-order chi connectivity index (χ0) is 7.78. The minimum atomic E-state index is -3.91. The maximum absolute atomic E-state index is 12.2. The first-order valence-corrected chi connectivity index (χ1v) is 4.16. The molecule has 10 heavy (non-hydrogen) atoms. The number of alkyl halides is 1. The van der Waals surface area contributed by atoms with Gasteiger partial charge >= 0.3 is 16.1 Å². The van der Waals surface area contributed by atoms with Crippen LogP contribution in [0.5, 0.6) is 0 Å². The number of rotatable bonds is 0. The summed E-state index contributed by atoms with van der Waals surface area (Å²) in [6.45, 7) is 0. The summed E-state index contributed by atoms with van der Waals surface area (Å²) in [5, 5.41) is 0. The van der Waals surface area contributed by atoms with E-state index in [2.05, 4.69) is 4.18 Å². The number of hydrogen-bond donors (Lipinski definition) is 0. The Morgan fingerprint density at radius 2 is 2.20 bits per heavy atom. The highest BCUT2D eigenvalue weighted by atomic mass is 32.2. The fraction of sp³-hybridized carbons (Fsp3) is 0.750. The number of hydrogen-bond acceptors (Lipinski definition) is 4. The SMILES string of the molecule is O=C1CC(F)CS(=O)(=O)O1. The average Bonchev–Trinajstić information content (AvgIpc) is 1.54. The predicted molar refractivity (Wildman–Crippen MR) is 29.4 cm³/mol. The lowest BCUT2D eigenvalue weighted by Gasteiger charge is -2.13. The Labute approximate surface area is 57.1 Å². The molecule has 1 fully saturated rings. The number of carbonyl (C=O) groups excluding carboxylic acids is 1. The summed E-state index contributed by atoms with van der Waals surface area (Å²) in [5.74, 6) is -1.72. The van der Waals surface area contributed by atoms with Gasteiger partial charge in [-0.15, -0.1) is 0 Å². The number of halogens is 1. The van der Waals surface area contributed by atoms with Crippen LogP contribution < -0.4 is 0 Å². The first-order valence-electron chi connectivity index (χ1n) is 2.59. The molecule has 1 unspecified atom stereocenters. The quantitative estimate of drug-likeness (QED) is 0.462. The van der Waals surface area contributed by atoms with Crippen molar-refractivity contribution in [1.82, 2.24) is 0 Å². The van der Waals surface area contributed by atoms with Crippen LogP contribution in [-0.2, 0) is 19.1 Å². The van der Waals surface area contributed by atoms with E-state index < -0.39 is 34.4 Å². The summed E-state index contributed by atoms with van der Waals surface area (Å²) in [6.07, 6.45) is -2.06. The molecule has 0 radical (unpaired) electrons. The van der Waals surface area contributed by atoms with E-state index in [1.54, 1.807) is 0 Å². The van der Waals surface area contributed by atoms with Crippen molar-refractivity contribution < 1.29 is 21.8 Å². The van der Waals surface area contributed by atoms with Gasteiger partial charge in [0.2, 0.25) is 0 Å². The standard InChI is InChI=1S/C4H5FO4S/c5-3-1-4(6)9-10(7,8)2-3/h3H,1-2H2. The summed E-state index contributed by atoms with van der Waals surface area (Å²) in [5.41, 5.74) is 0. The van der Waals surface area contributed by atoms with Gasteiger partial charge in [0.25, 0.3) is 0 Å². The molecular weight excluding hydrogens is 163 g/mol. The molecule has 1 rings (SSSR count). The Hall–Kier alpha value is -0.650. The van der Waals surface area contributed by atoms with Crippen LogP contribution in [0.4, 0.5) is 4.39 Å². The molecule has 0 aromatic carbocycles. The monoisotopic (exact) mass is 168 g/mol. The molecule has 0 amide bonds. The summed E-state index contributed by atoms with van der Waals surface area (Å²) < 4.78 is 36.9. The van der Waals surface area contributed by atoms with Crippen molar-refractivity contribution in [2.75, 3.05) is 5.75 Å². The topological polar surface area (TPSA) is 60.4 Å². The second-order valence-electron chi connectivity index (χ2n) is 1.98. The van der Waals surface area contributed by atoms with E-state index in [4.69, 9.17) is 0 Å². The van der Waals surface area contributed by atoms with Crippen molar-refractivity contribution in [2.24, 2.45) is 0 Å². The maximum atomic E-state index is 12.2. The normalized spacial score (nSPS) is 31.3. The Balaban J connectivity index is 2.79. The smallest absolute Gasteiger partial charge is 0.325 e. The Bertz CT molecular complexity index is 244. The van der Waals surface area contributed by atoms with Gasteiger partial charge in [-0.25, -0.2) is 4.39 Å². The molecule has 1 aliphatic rings. The highest BCUT2D eigenvalue weighted by molar-refractivity contribution is 7.87. The molecule has 0 saturated carbocycles. The van der Waals surface area contributed by atoms with Crippen molar-refractivity contribution in [3.05, 3.63) is 0 Å². The average molecular weight is 168 g/mol.